The van der Waals surface area contributed by atoms with Crippen LogP contribution in [0.15, 0.2) is 24.3 Å². The molecule has 1 fully saturated rings. The van der Waals surface area contributed by atoms with Crippen LogP contribution in [0.25, 0.3) is 0 Å². The Balaban J connectivity index is 1.87. The maximum atomic E-state index is 13.0. The summed E-state index contributed by atoms with van der Waals surface area (Å²) in [6.07, 6.45) is 0.647. The van der Waals surface area contributed by atoms with Gasteiger partial charge < -0.3 is 14.9 Å². The molecule has 2 heterocycles. The first-order valence-electron chi connectivity index (χ1n) is 8.00. The van der Waals surface area contributed by atoms with E-state index in [-0.39, 0.29) is 18.4 Å². The number of carbonyl (C=O) groups is 3. The van der Waals surface area contributed by atoms with E-state index >= 15 is 0 Å². The number of fused-ring (bicyclic) bond motifs is 1. The minimum atomic E-state index is -1.00. The van der Waals surface area contributed by atoms with Crippen LogP contribution in [0.4, 0.5) is 0 Å². The molecule has 24 heavy (non-hydrogen) atoms. The number of hydrogen-bond donors (Lipinski definition) is 1. The summed E-state index contributed by atoms with van der Waals surface area (Å²) >= 11 is 1.53. The molecule has 0 aromatic heterocycles. The number of rotatable bonds is 3. The standard InChI is InChI=1S/C17H20N2O4S/c1-2-15(20)19-10-24-9-14(19)16(21)18-8-12-6-4-3-5-11(12)7-13(18)17(22)23/h3-6,13-14H,2,7-10H2,1H3,(H,22,23). The van der Waals surface area contributed by atoms with E-state index in [1.807, 2.05) is 24.3 Å². The molecular formula is C17H20N2O4S. The summed E-state index contributed by atoms with van der Waals surface area (Å²) in [6.45, 7) is 2.05. The van der Waals surface area contributed by atoms with Gasteiger partial charge in [-0.05, 0) is 11.1 Å². The number of nitrogens with zero attached hydrogens (tertiary/aromatic N) is 2. The summed E-state index contributed by atoms with van der Waals surface area (Å²) in [6, 6.07) is 6.16. The Hall–Kier alpha value is -2.02. The smallest absolute Gasteiger partial charge is 0.326 e. The Kier molecular flexibility index (Phi) is 4.80. The zero-order valence-electron chi connectivity index (χ0n) is 13.5. The lowest BCUT2D eigenvalue weighted by Gasteiger charge is -2.37. The Bertz CT molecular complexity index is 678. The highest BCUT2D eigenvalue weighted by molar-refractivity contribution is 7.99. The highest BCUT2D eigenvalue weighted by Crippen LogP contribution is 2.28. The van der Waals surface area contributed by atoms with Gasteiger partial charge in [0, 0.05) is 25.1 Å². The lowest BCUT2D eigenvalue weighted by atomic mass is 9.93. The second-order valence-electron chi connectivity index (χ2n) is 6.03. The van der Waals surface area contributed by atoms with E-state index in [4.69, 9.17) is 0 Å². The van der Waals surface area contributed by atoms with Crippen molar-refractivity contribution in [2.45, 2.75) is 38.4 Å². The Morgan fingerprint density at radius 1 is 1.17 bits per heavy atom. The number of hydrogen-bond acceptors (Lipinski definition) is 4. The molecule has 2 aliphatic heterocycles. The van der Waals surface area contributed by atoms with Crippen LogP contribution in [-0.2, 0) is 27.3 Å². The average molecular weight is 348 g/mol. The summed E-state index contributed by atoms with van der Waals surface area (Å²) in [4.78, 5) is 39.8. The van der Waals surface area contributed by atoms with Gasteiger partial charge in [0.2, 0.25) is 11.8 Å². The van der Waals surface area contributed by atoms with Crippen LogP contribution in [0.1, 0.15) is 24.5 Å². The largest absolute Gasteiger partial charge is 0.480 e. The Labute approximate surface area is 144 Å². The van der Waals surface area contributed by atoms with Gasteiger partial charge in [0.25, 0.3) is 0 Å². The quantitative estimate of drug-likeness (QED) is 0.892. The van der Waals surface area contributed by atoms with Crippen molar-refractivity contribution in [2.75, 3.05) is 11.6 Å². The van der Waals surface area contributed by atoms with Crippen molar-refractivity contribution in [1.29, 1.82) is 0 Å². The van der Waals surface area contributed by atoms with Crippen LogP contribution >= 0.6 is 11.8 Å². The van der Waals surface area contributed by atoms with Crippen LogP contribution in [-0.4, -0.2) is 56.4 Å². The zero-order chi connectivity index (χ0) is 17.3. The maximum Gasteiger partial charge on any atom is 0.326 e. The van der Waals surface area contributed by atoms with Crippen molar-refractivity contribution in [3.05, 3.63) is 35.4 Å². The lowest BCUT2D eigenvalue weighted by Crippen LogP contribution is -2.55. The van der Waals surface area contributed by atoms with E-state index in [0.29, 0.717) is 24.5 Å². The van der Waals surface area contributed by atoms with Crippen molar-refractivity contribution in [3.63, 3.8) is 0 Å². The fraction of sp³-hybridized carbons (Fsp3) is 0.471. The molecule has 1 saturated heterocycles. The van der Waals surface area contributed by atoms with E-state index in [1.165, 1.54) is 16.7 Å². The van der Waals surface area contributed by atoms with Crippen LogP contribution in [0, 0.1) is 0 Å². The topological polar surface area (TPSA) is 77.9 Å². The molecule has 3 rings (SSSR count). The number of carbonyl (C=O) groups excluding carboxylic acids is 2. The van der Waals surface area contributed by atoms with Gasteiger partial charge in [0.15, 0.2) is 0 Å². The molecule has 0 saturated carbocycles. The predicted molar refractivity (Wildman–Crippen MR) is 90.4 cm³/mol. The molecule has 6 nitrogen and oxygen atoms in total. The van der Waals surface area contributed by atoms with Crippen LogP contribution in [0.2, 0.25) is 0 Å². The van der Waals surface area contributed by atoms with Gasteiger partial charge >= 0.3 is 5.97 Å². The Morgan fingerprint density at radius 2 is 1.88 bits per heavy atom. The minimum Gasteiger partial charge on any atom is -0.480 e. The van der Waals surface area contributed by atoms with Crippen molar-refractivity contribution < 1.29 is 19.5 Å². The van der Waals surface area contributed by atoms with Crippen LogP contribution < -0.4 is 0 Å². The molecule has 0 radical (unpaired) electrons. The third kappa shape index (κ3) is 3.00. The molecule has 1 aromatic rings. The maximum absolute atomic E-state index is 13.0. The van der Waals surface area contributed by atoms with Gasteiger partial charge in [-0.2, -0.15) is 0 Å². The number of carboxylic acids is 1. The van der Waals surface area contributed by atoms with Crippen molar-refractivity contribution in [3.8, 4) is 0 Å². The van der Waals surface area contributed by atoms with E-state index < -0.39 is 18.1 Å². The molecule has 1 aromatic carbocycles. The first-order chi connectivity index (χ1) is 11.5. The molecule has 2 unspecified atom stereocenters. The van der Waals surface area contributed by atoms with Crippen molar-refractivity contribution in [1.82, 2.24) is 9.80 Å². The summed E-state index contributed by atoms with van der Waals surface area (Å²) in [5.74, 6) is -0.316. The Morgan fingerprint density at radius 3 is 2.54 bits per heavy atom. The van der Waals surface area contributed by atoms with Gasteiger partial charge in [-0.3, -0.25) is 9.59 Å². The zero-order valence-corrected chi connectivity index (χ0v) is 14.3. The summed E-state index contributed by atoms with van der Waals surface area (Å²) in [5, 5.41) is 9.57. The van der Waals surface area contributed by atoms with E-state index in [9.17, 15) is 19.5 Å². The highest BCUT2D eigenvalue weighted by atomic mass is 32.2. The monoisotopic (exact) mass is 348 g/mol. The van der Waals surface area contributed by atoms with E-state index in [0.717, 1.165) is 11.1 Å². The van der Waals surface area contributed by atoms with Crippen molar-refractivity contribution >= 4 is 29.5 Å². The van der Waals surface area contributed by atoms with E-state index in [2.05, 4.69) is 0 Å². The number of thioether (sulfide) groups is 1. The molecule has 0 spiro atoms. The highest BCUT2D eigenvalue weighted by Gasteiger charge is 2.42. The van der Waals surface area contributed by atoms with E-state index in [1.54, 1.807) is 11.8 Å². The summed E-state index contributed by atoms with van der Waals surface area (Å²) in [7, 11) is 0. The van der Waals surface area contributed by atoms with Gasteiger partial charge in [-0.1, -0.05) is 31.2 Å². The number of amides is 2. The molecule has 2 aliphatic rings. The minimum absolute atomic E-state index is 0.0670. The molecule has 128 valence electrons. The number of benzene rings is 1. The van der Waals surface area contributed by atoms with Crippen molar-refractivity contribution in [2.24, 2.45) is 0 Å². The van der Waals surface area contributed by atoms with Crippen LogP contribution in [0.3, 0.4) is 0 Å². The lowest BCUT2D eigenvalue weighted by molar-refractivity contribution is -0.154. The molecule has 0 bridgehead atoms. The fourth-order valence-electron chi connectivity index (χ4n) is 3.26. The molecule has 1 N–H and O–H groups in total. The normalized spacial score (nSPS) is 23.0. The van der Waals surface area contributed by atoms with Gasteiger partial charge in [0.1, 0.15) is 12.1 Å². The molecule has 7 heteroatoms. The third-order valence-electron chi connectivity index (χ3n) is 4.61. The second-order valence-corrected chi connectivity index (χ2v) is 7.03. The second kappa shape index (κ2) is 6.84. The van der Waals surface area contributed by atoms with Gasteiger partial charge in [0.05, 0.1) is 5.88 Å². The van der Waals surface area contributed by atoms with Crippen LogP contribution in [0.5, 0.6) is 0 Å². The number of carboxylic acid groups (broad SMARTS) is 1. The SMILES string of the molecule is CCC(=O)N1CSCC1C(=O)N1Cc2ccccc2CC1C(=O)O. The van der Waals surface area contributed by atoms with Gasteiger partial charge in [-0.25, -0.2) is 4.79 Å². The molecule has 2 amide bonds. The molecular weight excluding hydrogens is 328 g/mol. The first kappa shape index (κ1) is 16.8. The summed E-state index contributed by atoms with van der Waals surface area (Å²) < 4.78 is 0. The average Bonchev–Trinajstić information content (AvgIpc) is 3.08. The fourth-order valence-corrected chi connectivity index (χ4v) is 4.43. The van der Waals surface area contributed by atoms with Gasteiger partial charge in [-0.15, -0.1) is 11.8 Å². The third-order valence-corrected chi connectivity index (χ3v) is 5.62. The number of aliphatic carboxylic acids is 1. The summed E-state index contributed by atoms with van der Waals surface area (Å²) in [5.41, 5.74) is 1.94. The first-order valence-corrected chi connectivity index (χ1v) is 9.15. The predicted octanol–water partition coefficient (Wildman–Crippen LogP) is 1.34. The molecule has 2 atom stereocenters. The molecule has 0 aliphatic carbocycles.